The third-order valence-corrected chi connectivity index (χ3v) is 1.72. The quantitative estimate of drug-likeness (QED) is 0.738. The first-order chi connectivity index (χ1) is 6.63. The summed E-state index contributed by atoms with van der Waals surface area (Å²) in [6, 6.07) is 3.06. The lowest BCUT2D eigenvalue weighted by molar-refractivity contribution is -0.139. The van der Waals surface area contributed by atoms with Crippen LogP contribution in [0.2, 0.25) is 0 Å². The standard InChI is InChI=1S/C9H11NO4/c1-14-8-4-6(2-3-10-8)7(11)5-9(12)13/h2-4,7,11H,5H2,1H3,(H,12,13)/t7-/m1/s1. The minimum Gasteiger partial charge on any atom is -0.481 e. The van der Waals surface area contributed by atoms with Crippen LogP contribution in [-0.2, 0) is 4.79 Å². The highest BCUT2D eigenvalue weighted by Crippen LogP contribution is 2.19. The fourth-order valence-electron chi connectivity index (χ4n) is 1.03. The van der Waals surface area contributed by atoms with Crippen molar-refractivity contribution in [3.05, 3.63) is 23.9 Å². The Kier molecular flexibility index (Phi) is 3.41. The van der Waals surface area contributed by atoms with Crippen molar-refractivity contribution < 1.29 is 19.7 Å². The number of hydrogen-bond acceptors (Lipinski definition) is 4. The molecular formula is C9H11NO4. The van der Waals surface area contributed by atoms with Gasteiger partial charge in [-0.25, -0.2) is 4.98 Å². The summed E-state index contributed by atoms with van der Waals surface area (Å²) < 4.78 is 4.84. The Morgan fingerprint density at radius 2 is 2.43 bits per heavy atom. The van der Waals surface area contributed by atoms with Crippen molar-refractivity contribution in [1.82, 2.24) is 4.98 Å². The maximum Gasteiger partial charge on any atom is 0.306 e. The van der Waals surface area contributed by atoms with E-state index in [-0.39, 0.29) is 6.42 Å². The second-order valence-electron chi connectivity index (χ2n) is 2.75. The first-order valence-electron chi connectivity index (χ1n) is 4.03. The molecule has 0 amide bonds. The molecule has 0 saturated carbocycles. The zero-order valence-corrected chi connectivity index (χ0v) is 7.67. The molecular weight excluding hydrogens is 186 g/mol. The van der Waals surface area contributed by atoms with Crippen LogP contribution in [0.5, 0.6) is 5.88 Å². The first kappa shape index (κ1) is 10.5. The third-order valence-electron chi connectivity index (χ3n) is 1.72. The minimum absolute atomic E-state index is 0.326. The van der Waals surface area contributed by atoms with E-state index in [2.05, 4.69) is 4.98 Å². The molecule has 1 heterocycles. The van der Waals surface area contributed by atoms with E-state index < -0.39 is 12.1 Å². The van der Waals surface area contributed by atoms with Gasteiger partial charge in [-0.05, 0) is 11.6 Å². The van der Waals surface area contributed by atoms with Crippen LogP contribution in [0.25, 0.3) is 0 Å². The topological polar surface area (TPSA) is 79.7 Å². The molecule has 5 heteroatoms. The Bertz CT molecular complexity index is 326. The van der Waals surface area contributed by atoms with Gasteiger partial charge in [-0.15, -0.1) is 0 Å². The van der Waals surface area contributed by atoms with Crippen LogP contribution in [0.15, 0.2) is 18.3 Å². The van der Waals surface area contributed by atoms with E-state index in [1.54, 1.807) is 6.07 Å². The predicted molar refractivity (Wildman–Crippen MR) is 48.0 cm³/mol. The van der Waals surface area contributed by atoms with Crippen molar-refractivity contribution in [3.63, 3.8) is 0 Å². The van der Waals surface area contributed by atoms with Crippen LogP contribution < -0.4 is 4.74 Å². The summed E-state index contributed by atoms with van der Waals surface area (Å²) in [5.41, 5.74) is 0.485. The smallest absolute Gasteiger partial charge is 0.306 e. The van der Waals surface area contributed by atoms with Crippen LogP contribution in [0.1, 0.15) is 18.1 Å². The van der Waals surface area contributed by atoms with Gasteiger partial charge < -0.3 is 14.9 Å². The van der Waals surface area contributed by atoms with Crippen molar-refractivity contribution in [2.24, 2.45) is 0 Å². The van der Waals surface area contributed by atoms with Crippen molar-refractivity contribution in [2.75, 3.05) is 7.11 Å². The van der Waals surface area contributed by atoms with Gasteiger partial charge in [0.1, 0.15) is 0 Å². The summed E-state index contributed by atoms with van der Waals surface area (Å²) in [6.07, 6.45) is 0.108. The second kappa shape index (κ2) is 4.57. The fourth-order valence-corrected chi connectivity index (χ4v) is 1.03. The molecule has 0 aromatic carbocycles. The lowest BCUT2D eigenvalue weighted by Gasteiger charge is -2.08. The molecule has 2 N–H and O–H groups in total. The van der Waals surface area contributed by atoms with Gasteiger partial charge >= 0.3 is 5.97 Å². The van der Waals surface area contributed by atoms with Gasteiger partial charge in [-0.1, -0.05) is 0 Å². The van der Waals surface area contributed by atoms with Gasteiger partial charge in [-0.3, -0.25) is 4.79 Å². The van der Waals surface area contributed by atoms with E-state index >= 15 is 0 Å². The Morgan fingerprint density at radius 3 is 3.00 bits per heavy atom. The van der Waals surface area contributed by atoms with Crippen molar-refractivity contribution in [2.45, 2.75) is 12.5 Å². The highest BCUT2D eigenvalue weighted by atomic mass is 16.5. The number of aliphatic hydroxyl groups is 1. The molecule has 1 atom stereocenters. The van der Waals surface area contributed by atoms with Gasteiger partial charge in [0, 0.05) is 12.3 Å². The second-order valence-corrected chi connectivity index (χ2v) is 2.75. The summed E-state index contributed by atoms with van der Waals surface area (Å²) in [6.45, 7) is 0. The molecule has 0 saturated heterocycles. The van der Waals surface area contributed by atoms with E-state index in [9.17, 15) is 9.90 Å². The minimum atomic E-state index is -1.05. The molecule has 0 bridgehead atoms. The monoisotopic (exact) mass is 197 g/mol. The van der Waals surface area contributed by atoms with Crippen molar-refractivity contribution >= 4 is 5.97 Å². The molecule has 1 aromatic rings. The van der Waals surface area contributed by atoms with Crippen molar-refractivity contribution in [1.29, 1.82) is 0 Å². The van der Waals surface area contributed by atoms with Gasteiger partial charge in [0.15, 0.2) is 0 Å². The number of rotatable bonds is 4. The largest absolute Gasteiger partial charge is 0.481 e. The van der Waals surface area contributed by atoms with E-state index in [1.165, 1.54) is 19.4 Å². The molecule has 5 nitrogen and oxygen atoms in total. The normalized spacial score (nSPS) is 12.1. The molecule has 0 aliphatic rings. The molecule has 0 aliphatic heterocycles. The average molecular weight is 197 g/mol. The fraction of sp³-hybridized carbons (Fsp3) is 0.333. The Morgan fingerprint density at radius 1 is 1.71 bits per heavy atom. The Labute approximate surface area is 81.0 Å². The van der Waals surface area contributed by atoms with Gasteiger partial charge in [0.05, 0.1) is 19.6 Å². The van der Waals surface area contributed by atoms with Crippen LogP contribution in [0.4, 0.5) is 0 Å². The SMILES string of the molecule is COc1cc([C@H](O)CC(=O)O)ccn1. The summed E-state index contributed by atoms with van der Waals surface area (Å²) in [4.78, 5) is 14.2. The summed E-state index contributed by atoms with van der Waals surface area (Å²) in [5, 5.41) is 17.9. The number of carbonyl (C=O) groups is 1. The lowest BCUT2D eigenvalue weighted by atomic mass is 10.1. The molecule has 14 heavy (non-hydrogen) atoms. The number of methoxy groups -OCH3 is 1. The number of carboxylic acid groups (broad SMARTS) is 1. The number of hydrogen-bond donors (Lipinski definition) is 2. The van der Waals surface area contributed by atoms with E-state index in [1.807, 2.05) is 0 Å². The molecule has 0 fully saturated rings. The molecule has 1 aromatic heterocycles. The first-order valence-corrected chi connectivity index (χ1v) is 4.03. The average Bonchev–Trinajstić information content (AvgIpc) is 2.17. The molecule has 76 valence electrons. The maximum absolute atomic E-state index is 10.3. The van der Waals surface area contributed by atoms with Crippen molar-refractivity contribution in [3.8, 4) is 5.88 Å². The Hall–Kier alpha value is -1.62. The van der Waals surface area contributed by atoms with Gasteiger partial charge in [-0.2, -0.15) is 0 Å². The number of nitrogens with zero attached hydrogens (tertiary/aromatic N) is 1. The summed E-state index contributed by atoms with van der Waals surface area (Å²) >= 11 is 0. The van der Waals surface area contributed by atoms with Crippen LogP contribution >= 0.6 is 0 Å². The van der Waals surface area contributed by atoms with E-state index in [0.29, 0.717) is 11.4 Å². The zero-order valence-electron chi connectivity index (χ0n) is 7.67. The van der Waals surface area contributed by atoms with Crippen LogP contribution in [-0.4, -0.2) is 28.3 Å². The highest BCUT2D eigenvalue weighted by Gasteiger charge is 2.12. The molecule has 0 spiro atoms. The number of ether oxygens (including phenoxy) is 1. The summed E-state index contributed by atoms with van der Waals surface area (Å²) in [7, 11) is 1.45. The third kappa shape index (κ3) is 2.70. The lowest BCUT2D eigenvalue weighted by Crippen LogP contribution is -2.05. The molecule has 0 radical (unpaired) electrons. The van der Waals surface area contributed by atoms with Crippen LogP contribution in [0.3, 0.4) is 0 Å². The molecule has 1 rings (SSSR count). The number of aromatic nitrogens is 1. The Balaban J connectivity index is 2.78. The van der Waals surface area contributed by atoms with Gasteiger partial charge in [0.2, 0.25) is 5.88 Å². The van der Waals surface area contributed by atoms with E-state index in [0.717, 1.165) is 0 Å². The number of aliphatic carboxylic acids is 1. The number of carboxylic acids is 1. The number of aliphatic hydroxyl groups excluding tert-OH is 1. The summed E-state index contributed by atoms with van der Waals surface area (Å²) in [5.74, 6) is -0.694. The van der Waals surface area contributed by atoms with Gasteiger partial charge in [0.25, 0.3) is 0 Å². The highest BCUT2D eigenvalue weighted by molar-refractivity contribution is 5.67. The number of pyridine rings is 1. The zero-order chi connectivity index (χ0) is 10.6. The molecule has 0 aliphatic carbocycles. The maximum atomic E-state index is 10.3. The molecule has 0 unspecified atom stereocenters. The van der Waals surface area contributed by atoms with E-state index in [4.69, 9.17) is 9.84 Å². The van der Waals surface area contributed by atoms with Crippen LogP contribution in [0, 0.1) is 0 Å². The predicted octanol–water partition coefficient (Wildman–Crippen LogP) is 0.598.